The number of nitrogens with two attached hydrogens (primary N) is 1. The van der Waals surface area contributed by atoms with Crippen molar-refractivity contribution in [1.29, 1.82) is 0 Å². The van der Waals surface area contributed by atoms with Crippen LogP contribution >= 0.6 is 0 Å². The summed E-state index contributed by atoms with van der Waals surface area (Å²) >= 11 is 0. The standard InChI is InChI=1S/C32H26F4N6O2/c33-25-16-19(22-7-2-1-6-20(22)18-40-13-3-4-14-40)9-11-26(25)41-15-5-8-23-28(31(41)43)42(38-29(23)32(34,35)36)21-10-12-27-24(17-21)30(37)39-44-27/h1-2,5-12,16-17H,3-4,13-15,18H2,(H2,37,39). The van der Waals surface area contributed by atoms with E-state index < -0.39 is 29.2 Å². The van der Waals surface area contributed by atoms with Crippen LogP contribution in [-0.4, -0.2) is 45.4 Å². The highest BCUT2D eigenvalue weighted by atomic mass is 19.4. The summed E-state index contributed by atoms with van der Waals surface area (Å²) in [7, 11) is 0. The van der Waals surface area contributed by atoms with Crippen LogP contribution in [0.1, 0.15) is 40.2 Å². The number of rotatable bonds is 5. The zero-order valence-corrected chi connectivity index (χ0v) is 23.3. The number of hydrogen-bond acceptors (Lipinski definition) is 6. The summed E-state index contributed by atoms with van der Waals surface area (Å²) in [6.07, 6.45) is 0.0403. The second-order valence-corrected chi connectivity index (χ2v) is 10.9. The minimum atomic E-state index is -4.86. The lowest BCUT2D eigenvalue weighted by molar-refractivity contribution is -0.141. The molecule has 0 radical (unpaired) electrons. The molecule has 0 bridgehead atoms. The monoisotopic (exact) mass is 602 g/mol. The van der Waals surface area contributed by atoms with Gasteiger partial charge in [0.1, 0.15) is 11.5 Å². The lowest BCUT2D eigenvalue weighted by Crippen LogP contribution is -2.33. The summed E-state index contributed by atoms with van der Waals surface area (Å²) in [6.45, 7) is 2.63. The van der Waals surface area contributed by atoms with Crippen LogP contribution in [0.15, 0.2) is 71.3 Å². The molecule has 224 valence electrons. The number of nitrogens with zero attached hydrogens (tertiary/aromatic N) is 5. The Morgan fingerprint density at radius 1 is 1.00 bits per heavy atom. The van der Waals surface area contributed by atoms with Gasteiger partial charge < -0.3 is 15.2 Å². The van der Waals surface area contributed by atoms with Crippen molar-refractivity contribution in [3.63, 3.8) is 0 Å². The van der Waals surface area contributed by atoms with E-state index in [9.17, 15) is 18.0 Å². The zero-order chi connectivity index (χ0) is 30.6. The number of halogens is 4. The molecule has 44 heavy (non-hydrogen) atoms. The maximum absolute atomic E-state index is 15.9. The third kappa shape index (κ3) is 4.80. The highest BCUT2D eigenvalue weighted by molar-refractivity contribution is 6.09. The van der Waals surface area contributed by atoms with Crippen LogP contribution in [0.2, 0.25) is 0 Å². The second kappa shape index (κ2) is 10.6. The van der Waals surface area contributed by atoms with E-state index in [4.69, 9.17) is 10.3 Å². The number of carbonyl (C=O) groups is 1. The van der Waals surface area contributed by atoms with Crippen molar-refractivity contribution >= 4 is 34.5 Å². The number of fused-ring (bicyclic) bond motifs is 2. The van der Waals surface area contributed by atoms with Crippen molar-refractivity contribution in [2.75, 3.05) is 30.3 Å². The number of nitrogen functional groups attached to an aromatic ring is 1. The normalized spacial score (nSPS) is 15.7. The first-order valence-corrected chi connectivity index (χ1v) is 14.1. The van der Waals surface area contributed by atoms with Crippen LogP contribution in [0.5, 0.6) is 0 Å². The first kappa shape index (κ1) is 27.8. The molecule has 1 amide bonds. The van der Waals surface area contributed by atoms with Crippen molar-refractivity contribution in [3.05, 3.63) is 95.1 Å². The molecule has 7 rings (SSSR count). The number of anilines is 2. The first-order chi connectivity index (χ1) is 21.2. The van der Waals surface area contributed by atoms with Crippen LogP contribution in [0.3, 0.4) is 0 Å². The highest BCUT2D eigenvalue weighted by Crippen LogP contribution is 2.38. The van der Waals surface area contributed by atoms with Gasteiger partial charge >= 0.3 is 6.18 Å². The molecule has 1 fully saturated rings. The van der Waals surface area contributed by atoms with E-state index in [0.717, 1.165) is 53.2 Å². The number of likely N-dealkylation sites (tertiary alicyclic amines) is 1. The van der Waals surface area contributed by atoms with Crippen molar-refractivity contribution in [3.8, 4) is 16.8 Å². The zero-order valence-electron chi connectivity index (χ0n) is 23.3. The Hall–Kier alpha value is -4.97. The SMILES string of the molecule is Nc1noc2ccc(-n3nc(C(F)(F)F)c4c3C(=O)N(c3ccc(-c5ccccc5CN5CCCC5)cc3F)CC=C4)cc12. The Bertz CT molecular complexity index is 1940. The number of alkyl halides is 3. The van der Waals surface area contributed by atoms with Crippen molar-refractivity contribution < 1.29 is 26.9 Å². The Morgan fingerprint density at radius 3 is 2.57 bits per heavy atom. The summed E-state index contributed by atoms with van der Waals surface area (Å²) in [5.74, 6) is -1.48. The van der Waals surface area contributed by atoms with Gasteiger partial charge in [0.15, 0.2) is 17.1 Å². The summed E-state index contributed by atoms with van der Waals surface area (Å²) in [4.78, 5) is 17.5. The molecular formula is C32H26F4N6O2. The Kier molecular flexibility index (Phi) is 6.73. The average molecular weight is 603 g/mol. The molecule has 12 heteroatoms. The van der Waals surface area contributed by atoms with Gasteiger partial charge in [0.25, 0.3) is 5.91 Å². The molecule has 2 aliphatic rings. The minimum Gasteiger partial charge on any atom is -0.380 e. The molecule has 5 aromatic rings. The van der Waals surface area contributed by atoms with Gasteiger partial charge in [-0.15, -0.1) is 0 Å². The number of aromatic nitrogens is 3. The third-order valence-corrected chi connectivity index (χ3v) is 8.10. The predicted octanol–water partition coefficient (Wildman–Crippen LogP) is 6.69. The number of amides is 1. The van der Waals surface area contributed by atoms with Gasteiger partial charge in [0.2, 0.25) is 0 Å². The van der Waals surface area contributed by atoms with Gasteiger partial charge in [0.05, 0.1) is 16.8 Å². The van der Waals surface area contributed by atoms with E-state index in [1.807, 2.05) is 24.3 Å². The van der Waals surface area contributed by atoms with Gasteiger partial charge in [0, 0.05) is 18.7 Å². The van der Waals surface area contributed by atoms with E-state index in [0.29, 0.717) is 16.5 Å². The average Bonchev–Trinajstić information content (AvgIpc) is 3.72. The van der Waals surface area contributed by atoms with Crippen molar-refractivity contribution in [2.24, 2.45) is 0 Å². The van der Waals surface area contributed by atoms with E-state index in [-0.39, 0.29) is 29.4 Å². The molecule has 1 saturated heterocycles. The highest BCUT2D eigenvalue weighted by Gasteiger charge is 2.42. The number of benzene rings is 3. The van der Waals surface area contributed by atoms with Crippen LogP contribution in [-0.2, 0) is 12.7 Å². The molecule has 0 saturated carbocycles. The van der Waals surface area contributed by atoms with E-state index >= 15 is 4.39 Å². The summed E-state index contributed by atoms with van der Waals surface area (Å²) < 4.78 is 64.3. The Morgan fingerprint density at radius 2 is 1.80 bits per heavy atom. The Labute approximate surface area is 248 Å². The van der Waals surface area contributed by atoms with Crippen LogP contribution in [0.25, 0.3) is 33.9 Å². The largest absolute Gasteiger partial charge is 0.435 e. The van der Waals surface area contributed by atoms with Crippen molar-refractivity contribution in [1.82, 2.24) is 19.8 Å². The molecular weight excluding hydrogens is 576 g/mol. The molecule has 3 aromatic carbocycles. The van der Waals surface area contributed by atoms with E-state index in [2.05, 4.69) is 15.2 Å². The molecule has 2 aliphatic heterocycles. The van der Waals surface area contributed by atoms with Gasteiger partial charge in [-0.05, 0) is 73.0 Å². The minimum absolute atomic E-state index is 0.0353. The first-order valence-electron chi connectivity index (χ1n) is 14.1. The second-order valence-electron chi connectivity index (χ2n) is 10.9. The summed E-state index contributed by atoms with van der Waals surface area (Å²) in [5.41, 5.74) is 6.83. The molecule has 2 aromatic heterocycles. The fraction of sp³-hybridized carbons (Fsp3) is 0.219. The smallest absolute Gasteiger partial charge is 0.380 e. The van der Waals surface area contributed by atoms with E-state index in [1.54, 1.807) is 6.07 Å². The van der Waals surface area contributed by atoms with E-state index in [1.165, 1.54) is 42.5 Å². The summed E-state index contributed by atoms with van der Waals surface area (Å²) in [6, 6.07) is 16.7. The lowest BCUT2D eigenvalue weighted by Gasteiger charge is -2.22. The molecule has 0 atom stereocenters. The molecule has 8 nitrogen and oxygen atoms in total. The number of carbonyl (C=O) groups excluding carboxylic acids is 1. The third-order valence-electron chi connectivity index (χ3n) is 8.10. The molecule has 2 N–H and O–H groups in total. The molecule has 4 heterocycles. The van der Waals surface area contributed by atoms with Gasteiger partial charge in [-0.3, -0.25) is 9.69 Å². The fourth-order valence-electron chi connectivity index (χ4n) is 5.98. The van der Waals surface area contributed by atoms with Crippen LogP contribution in [0.4, 0.5) is 29.1 Å². The maximum Gasteiger partial charge on any atom is 0.435 e. The quantitative estimate of drug-likeness (QED) is 0.225. The van der Waals surface area contributed by atoms with Gasteiger partial charge in [-0.2, -0.15) is 18.3 Å². The maximum atomic E-state index is 15.9. The Balaban J connectivity index is 1.29. The molecule has 0 aliphatic carbocycles. The fourth-order valence-corrected chi connectivity index (χ4v) is 5.98. The topological polar surface area (TPSA) is 93.4 Å². The number of hydrogen-bond donors (Lipinski definition) is 1. The van der Waals surface area contributed by atoms with Gasteiger partial charge in [-0.1, -0.05) is 47.6 Å². The van der Waals surface area contributed by atoms with Gasteiger partial charge in [-0.25, -0.2) is 9.07 Å². The van der Waals surface area contributed by atoms with Crippen LogP contribution < -0.4 is 10.6 Å². The van der Waals surface area contributed by atoms with Crippen molar-refractivity contribution in [2.45, 2.75) is 25.6 Å². The lowest BCUT2D eigenvalue weighted by atomic mass is 9.98. The van der Waals surface area contributed by atoms with Crippen LogP contribution in [0, 0.1) is 5.82 Å². The summed E-state index contributed by atoms with van der Waals surface area (Å²) in [5, 5.41) is 7.83. The molecule has 0 unspecified atom stereocenters. The molecule has 0 spiro atoms. The predicted molar refractivity (Wildman–Crippen MR) is 158 cm³/mol.